The highest BCUT2D eigenvalue weighted by molar-refractivity contribution is 6.30. The molecule has 0 bridgehead atoms. The summed E-state index contributed by atoms with van der Waals surface area (Å²) in [4.78, 5) is 0. The van der Waals surface area contributed by atoms with Crippen molar-refractivity contribution < 1.29 is 0 Å². The molecule has 0 saturated heterocycles. The Hall–Kier alpha value is -0.540. The van der Waals surface area contributed by atoms with Crippen molar-refractivity contribution in [2.45, 2.75) is 43.6 Å². The third-order valence-corrected chi connectivity index (χ3v) is 4.09. The summed E-state index contributed by atoms with van der Waals surface area (Å²) in [7, 11) is 1.98. The Morgan fingerprint density at radius 1 is 1.47 bits per heavy atom. The van der Waals surface area contributed by atoms with Crippen molar-refractivity contribution >= 4 is 11.6 Å². The number of rotatable bonds is 2. The molecule has 3 rings (SSSR count). The van der Waals surface area contributed by atoms with E-state index in [-0.39, 0.29) is 5.54 Å². The molecule has 1 aromatic rings. The molecule has 2 fully saturated rings. The van der Waals surface area contributed by atoms with E-state index in [1.807, 2.05) is 11.7 Å². The highest BCUT2D eigenvalue weighted by Crippen LogP contribution is 2.50. The summed E-state index contributed by atoms with van der Waals surface area (Å²) < 4.78 is 1.94. The predicted octanol–water partition coefficient (Wildman–Crippen LogP) is 2.29. The van der Waals surface area contributed by atoms with Crippen molar-refractivity contribution in [1.29, 1.82) is 0 Å². The molecule has 2 N–H and O–H groups in total. The van der Waals surface area contributed by atoms with Gasteiger partial charge in [0.25, 0.3) is 0 Å². The van der Waals surface area contributed by atoms with E-state index in [0.29, 0.717) is 11.1 Å². The van der Waals surface area contributed by atoms with Crippen LogP contribution >= 0.6 is 11.6 Å². The van der Waals surface area contributed by atoms with Gasteiger partial charge in [0.2, 0.25) is 0 Å². The summed E-state index contributed by atoms with van der Waals surface area (Å²) in [6.45, 7) is 0. The van der Waals surface area contributed by atoms with Crippen LogP contribution in [-0.4, -0.2) is 9.78 Å². The summed E-state index contributed by atoms with van der Waals surface area (Å²) in [6, 6.07) is 0. The number of hydrogen-bond donors (Lipinski definition) is 1. The van der Waals surface area contributed by atoms with Gasteiger partial charge in [-0.2, -0.15) is 5.10 Å². The summed E-state index contributed by atoms with van der Waals surface area (Å²) in [5.41, 5.74) is 8.54. The monoisotopic (exact) mass is 225 g/mol. The van der Waals surface area contributed by atoms with Crippen LogP contribution in [-0.2, 0) is 12.6 Å². The fraction of sp³-hybridized carbons (Fsp3) is 0.727. The van der Waals surface area contributed by atoms with Gasteiger partial charge in [0.15, 0.2) is 5.15 Å². The smallest absolute Gasteiger partial charge is 0.156 e. The van der Waals surface area contributed by atoms with Crippen LogP contribution in [0.1, 0.15) is 49.3 Å². The summed E-state index contributed by atoms with van der Waals surface area (Å²) >= 11 is 6.19. The lowest BCUT2D eigenvalue weighted by atomic mass is 9.80. The molecule has 3 nitrogen and oxygen atoms in total. The SMILES string of the molecule is Cn1nc(Cl)c(C2(N)CC2)c1C1CCC1. The van der Waals surface area contributed by atoms with E-state index in [9.17, 15) is 0 Å². The van der Waals surface area contributed by atoms with Crippen LogP contribution in [0.5, 0.6) is 0 Å². The number of aryl methyl sites for hydroxylation is 1. The first-order chi connectivity index (χ1) is 7.12. The van der Waals surface area contributed by atoms with E-state index in [1.165, 1.54) is 25.0 Å². The van der Waals surface area contributed by atoms with Crippen molar-refractivity contribution in [3.63, 3.8) is 0 Å². The van der Waals surface area contributed by atoms with Crippen LogP contribution in [0.4, 0.5) is 0 Å². The average Bonchev–Trinajstić information content (AvgIpc) is 2.72. The Labute approximate surface area is 94.6 Å². The van der Waals surface area contributed by atoms with Crippen molar-refractivity contribution in [1.82, 2.24) is 9.78 Å². The van der Waals surface area contributed by atoms with Crippen LogP contribution in [0.25, 0.3) is 0 Å². The van der Waals surface area contributed by atoms with Gasteiger partial charge in [-0.1, -0.05) is 18.0 Å². The van der Waals surface area contributed by atoms with Gasteiger partial charge in [-0.15, -0.1) is 0 Å². The fourth-order valence-corrected chi connectivity index (χ4v) is 2.90. The highest BCUT2D eigenvalue weighted by atomic mass is 35.5. The largest absolute Gasteiger partial charge is 0.321 e. The van der Waals surface area contributed by atoms with Crippen LogP contribution in [0.15, 0.2) is 0 Å². The average molecular weight is 226 g/mol. The fourth-order valence-electron chi connectivity index (χ4n) is 2.50. The van der Waals surface area contributed by atoms with Crippen molar-refractivity contribution in [2.24, 2.45) is 12.8 Å². The van der Waals surface area contributed by atoms with E-state index in [0.717, 1.165) is 18.4 Å². The van der Waals surface area contributed by atoms with Crippen LogP contribution < -0.4 is 5.73 Å². The van der Waals surface area contributed by atoms with E-state index in [2.05, 4.69) is 5.10 Å². The quantitative estimate of drug-likeness (QED) is 0.840. The topological polar surface area (TPSA) is 43.8 Å². The molecule has 1 aromatic heterocycles. The Morgan fingerprint density at radius 3 is 2.60 bits per heavy atom. The normalized spacial score (nSPS) is 23.9. The third kappa shape index (κ3) is 1.33. The van der Waals surface area contributed by atoms with Gasteiger partial charge in [-0.25, -0.2) is 0 Å². The first-order valence-corrected chi connectivity index (χ1v) is 6.01. The number of hydrogen-bond acceptors (Lipinski definition) is 2. The molecule has 0 amide bonds. The molecule has 2 aliphatic carbocycles. The van der Waals surface area contributed by atoms with Crippen LogP contribution in [0.3, 0.4) is 0 Å². The molecule has 0 radical (unpaired) electrons. The van der Waals surface area contributed by atoms with Crippen molar-refractivity contribution in [2.75, 3.05) is 0 Å². The highest BCUT2D eigenvalue weighted by Gasteiger charge is 2.46. The second kappa shape index (κ2) is 2.98. The Kier molecular flexibility index (Phi) is 1.92. The van der Waals surface area contributed by atoms with Gasteiger partial charge < -0.3 is 5.73 Å². The second-order valence-electron chi connectivity index (χ2n) is 4.96. The zero-order valence-electron chi connectivity index (χ0n) is 8.96. The zero-order valence-corrected chi connectivity index (χ0v) is 9.72. The molecule has 82 valence electrons. The summed E-state index contributed by atoms with van der Waals surface area (Å²) in [5, 5.41) is 4.95. The molecule has 2 saturated carbocycles. The maximum Gasteiger partial charge on any atom is 0.156 e. The maximum atomic E-state index is 6.26. The first kappa shape index (κ1) is 9.67. The Bertz CT molecular complexity index is 402. The van der Waals surface area contributed by atoms with Gasteiger partial charge in [0.05, 0.1) is 0 Å². The lowest BCUT2D eigenvalue weighted by molar-refractivity contribution is 0.392. The molecule has 2 aliphatic rings. The van der Waals surface area contributed by atoms with Gasteiger partial charge in [-0.3, -0.25) is 4.68 Å². The number of halogens is 1. The number of nitrogens with zero attached hydrogens (tertiary/aromatic N) is 2. The minimum atomic E-state index is -0.156. The molecule has 0 unspecified atom stereocenters. The standard InChI is InChI=1S/C11H16ClN3/c1-15-9(7-3-2-4-7)8(10(12)14-15)11(13)5-6-11/h7H,2-6,13H2,1H3. The van der Waals surface area contributed by atoms with Crippen molar-refractivity contribution in [3.8, 4) is 0 Å². The summed E-state index contributed by atoms with van der Waals surface area (Å²) in [6.07, 6.45) is 5.96. The third-order valence-electron chi connectivity index (χ3n) is 3.83. The van der Waals surface area contributed by atoms with Gasteiger partial charge in [-0.05, 0) is 25.7 Å². The molecule has 1 heterocycles. The van der Waals surface area contributed by atoms with Crippen molar-refractivity contribution in [3.05, 3.63) is 16.4 Å². The van der Waals surface area contributed by atoms with E-state index >= 15 is 0 Å². The number of aromatic nitrogens is 2. The molecular weight excluding hydrogens is 210 g/mol. The van der Waals surface area contributed by atoms with E-state index in [1.54, 1.807) is 0 Å². The molecule has 0 aromatic carbocycles. The van der Waals surface area contributed by atoms with Gasteiger partial charge >= 0.3 is 0 Å². The summed E-state index contributed by atoms with van der Waals surface area (Å²) in [5.74, 6) is 0.644. The second-order valence-corrected chi connectivity index (χ2v) is 5.32. The molecule has 0 atom stereocenters. The lowest BCUT2D eigenvalue weighted by Gasteiger charge is -2.28. The molecule has 4 heteroatoms. The molecule has 0 spiro atoms. The van der Waals surface area contributed by atoms with E-state index < -0.39 is 0 Å². The predicted molar refractivity (Wildman–Crippen MR) is 59.9 cm³/mol. The van der Waals surface area contributed by atoms with Crippen LogP contribution in [0.2, 0.25) is 5.15 Å². The Balaban J connectivity index is 2.09. The minimum Gasteiger partial charge on any atom is -0.321 e. The zero-order chi connectivity index (χ0) is 10.6. The lowest BCUT2D eigenvalue weighted by Crippen LogP contribution is -2.24. The van der Waals surface area contributed by atoms with Gasteiger partial charge in [0.1, 0.15) is 0 Å². The van der Waals surface area contributed by atoms with Crippen LogP contribution in [0, 0.1) is 0 Å². The maximum absolute atomic E-state index is 6.26. The Morgan fingerprint density at radius 2 is 2.13 bits per heavy atom. The first-order valence-electron chi connectivity index (χ1n) is 5.63. The molecule has 0 aliphatic heterocycles. The minimum absolute atomic E-state index is 0.156. The van der Waals surface area contributed by atoms with E-state index in [4.69, 9.17) is 17.3 Å². The number of nitrogens with two attached hydrogens (primary N) is 1. The van der Waals surface area contributed by atoms with Gasteiger partial charge in [0, 0.05) is 29.8 Å². The molecule has 15 heavy (non-hydrogen) atoms. The molecular formula is C11H16ClN3.